The Balaban J connectivity index is 1.60. The van der Waals surface area contributed by atoms with E-state index in [0.29, 0.717) is 43.2 Å². The lowest BCUT2D eigenvalue weighted by Gasteiger charge is -2.30. The first kappa shape index (κ1) is 18.5. The van der Waals surface area contributed by atoms with E-state index in [4.69, 9.17) is 9.47 Å². The minimum absolute atomic E-state index is 0.00704. The summed E-state index contributed by atoms with van der Waals surface area (Å²) in [6, 6.07) is 11.7. The van der Waals surface area contributed by atoms with Gasteiger partial charge in [0.05, 0.1) is 5.41 Å². The number of alkyl halides is 2. The zero-order valence-electron chi connectivity index (χ0n) is 15.3. The van der Waals surface area contributed by atoms with E-state index in [9.17, 15) is 13.6 Å². The first-order valence-corrected chi connectivity index (χ1v) is 9.33. The fraction of sp³-hybridized carbons (Fsp3) is 0.381. The van der Waals surface area contributed by atoms with Gasteiger partial charge in [0, 0.05) is 11.8 Å². The monoisotopic (exact) mass is 389 g/mol. The van der Waals surface area contributed by atoms with Gasteiger partial charge < -0.3 is 19.5 Å². The molecule has 0 bridgehead atoms. The number of amides is 1. The van der Waals surface area contributed by atoms with Gasteiger partial charge in [0.1, 0.15) is 19.0 Å². The molecule has 1 aliphatic carbocycles. The molecule has 0 radical (unpaired) electrons. The quantitative estimate of drug-likeness (QED) is 0.818. The highest BCUT2D eigenvalue weighted by molar-refractivity contribution is 5.99. The fourth-order valence-corrected chi connectivity index (χ4v) is 3.97. The minimum Gasteiger partial charge on any atom is -0.486 e. The molecular weight excluding hydrogens is 368 g/mol. The Morgan fingerprint density at radius 3 is 2.54 bits per heavy atom. The van der Waals surface area contributed by atoms with Gasteiger partial charge in [0.2, 0.25) is 5.91 Å². The number of ether oxygens (including phenoxy) is 3. The number of hydrogen-bond donors (Lipinski definition) is 1. The molecule has 0 saturated heterocycles. The molecule has 1 fully saturated rings. The maximum atomic E-state index is 13.3. The standard InChI is InChI=1S/C21H21F2NO4/c22-20(23)28-16-5-3-4-15(13-16)24-19(25)21(8-1-2-9-21)14-6-7-17-18(12-14)27-11-10-26-17/h3-7,12-13,20H,1-2,8-11H2,(H,24,25). The van der Waals surface area contributed by atoms with Crippen LogP contribution in [0, 0.1) is 0 Å². The van der Waals surface area contributed by atoms with E-state index < -0.39 is 12.0 Å². The molecule has 28 heavy (non-hydrogen) atoms. The molecule has 4 rings (SSSR count). The molecule has 0 spiro atoms. The van der Waals surface area contributed by atoms with Crippen LogP contribution in [0.15, 0.2) is 42.5 Å². The topological polar surface area (TPSA) is 56.8 Å². The predicted octanol–water partition coefficient (Wildman–Crippen LogP) is 4.51. The molecule has 7 heteroatoms. The van der Waals surface area contributed by atoms with Crippen molar-refractivity contribution in [1.29, 1.82) is 0 Å². The Hall–Kier alpha value is -2.83. The van der Waals surface area contributed by atoms with E-state index >= 15 is 0 Å². The molecule has 2 aromatic carbocycles. The zero-order valence-corrected chi connectivity index (χ0v) is 15.3. The molecule has 1 N–H and O–H groups in total. The Labute approximate surface area is 161 Å². The van der Waals surface area contributed by atoms with Gasteiger partial charge in [-0.05, 0) is 42.7 Å². The number of halogens is 2. The smallest absolute Gasteiger partial charge is 0.387 e. The normalized spacial score (nSPS) is 17.4. The van der Waals surface area contributed by atoms with Crippen LogP contribution in [0.5, 0.6) is 17.2 Å². The number of carbonyl (C=O) groups is 1. The molecule has 5 nitrogen and oxygen atoms in total. The van der Waals surface area contributed by atoms with Crippen molar-refractivity contribution in [3.05, 3.63) is 48.0 Å². The number of hydrogen-bond acceptors (Lipinski definition) is 4. The summed E-state index contributed by atoms with van der Waals surface area (Å²) in [5.41, 5.74) is 0.619. The molecule has 0 aromatic heterocycles. The second-order valence-corrected chi connectivity index (χ2v) is 7.01. The van der Waals surface area contributed by atoms with Gasteiger partial charge in [0.15, 0.2) is 11.5 Å². The van der Waals surface area contributed by atoms with Gasteiger partial charge in [-0.15, -0.1) is 0 Å². The van der Waals surface area contributed by atoms with E-state index in [2.05, 4.69) is 10.1 Å². The SMILES string of the molecule is O=C(Nc1cccc(OC(F)F)c1)C1(c2ccc3c(c2)OCCO3)CCCC1. The van der Waals surface area contributed by atoms with Crippen LogP contribution in [0.4, 0.5) is 14.5 Å². The summed E-state index contributed by atoms with van der Waals surface area (Å²) in [7, 11) is 0. The lowest BCUT2D eigenvalue weighted by molar-refractivity contribution is -0.121. The highest BCUT2D eigenvalue weighted by Crippen LogP contribution is 2.45. The van der Waals surface area contributed by atoms with Crippen molar-refractivity contribution >= 4 is 11.6 Å². The van der Waals surface area contributed by atoms with Gasteiger partial charge in [-0.25, -0.2) is 0 Å². The number of rotatable bonds is 5. The zero-order chi connectivity index (χ0) is 19.6. The van der Waals surface area contributed by atoms with Gasteiger partial charge in [-0.3, -0.25) is 4.79 Å². The number of anilines is 1. The van der Waals surface area contributed by atoms with Crippen LogP contribution in [-0.2, 0) is 10.2 Å². The summed E-state index contributed by atoms with van der Waals surface area (Å²) in [5, 5.41) is 2.88. The van der Waals surface area contributed by atoms with E-state index in [-0.39, 0.29) is 11.7 Å². The molecule has 1 amide bonds. The maximum absolute atomic E-state index is 13.3. The lowest BCUT2D eigenvalue weighted by atomic mass is 9.77. The summed E-state index contributed by atoms with van der Waals surface area (Å²) in [6.07, 6.45) is 3.31. The summed E-state index contributed by atoms with van der Waals surface area (Å²) in [6.45, 7) is -1.92. The first-order chi connectivity index (χ1) is 13.6. The third kappa shape index (κ3) is 3.61. The molecule has 1 heterocycles. The molecular formula is C21H21F2NO4. The average Bonchev–Trinajstić information content (AvgIpc) is 3.19. The lowest BCUT2D eigenvalue weighted by Crippen LogP contribution is -2.38. The highest BCUT2D eigenvalue weighted by Gasteiger charge is 2.43. The Morgan fingerprint density at radius 2 is 1.79 bits per heavy atom. The number of fused-ring (bicyclic) bond motifs is 1. The largest absolute Gasteiger partial charge is 0.486 e. The van der Waals surface area contributed by atoms with Gasteiger partial charge in [-0.2, -0.15) is 8.78 Å². The molecule has 2 aliphatic rings. The number of carbonyl (C=O) groups excluding carboxylic acids is 1. The Morgan fingerprint density at radius 1 is 1.04 bits per heavy atom. The van der Waals surface area contributed by atoms with Crippen LogP contribution < -0.4 is 19.5 Å². The van der Waals surface area contributed by atoms with Crippen molar-refractivity contribution < 1.29 is 27.8 Å². The predicted molar refractivity (Wildman–Crippen MR) is 99.3 cm³/mol. The number of benzene rings is 2. The van der Waals surface area contributed by atoms with Gasteiger partial charge in [0.25, 0.3) is 0 Å². The van der Waals surface area contributed by atoms with Crippen molar-refractivity contribution in [1.82, 2.24) is 0 Å². The van der Waals surface area contributed by atoms with Crippen LogP contribution >= 0.6 is 0 Å². The van der Waals surface area contributed by atoms with E-state index in [1.54, 1.807) is 12.1 Å². The molecule has 1 saturated carbocycles. The Bertz CT molecular complexity index is 865. The van der Waals surface area contributed by atoms with Crippen molar-refractivity contribution in [3.8, 4) is 17.2 Å². The van der Waals surface area contributed by atoms with Gasteiger partial charge >= 0.3 is 6.61 Å². The third-order valence-electron chi connectivity index (χ3n) is 5.30. The van der Waals surface area contributed by atoms with E-state index in [0.717, 1.165) is 18.4 Å². The van der Waals surface area contributed by atoms with Crippen LogP contribution in [0.2, 0.25) is 0 Å². The van der Waals surface area contributed by atoms with Crippen molar-refractivity contribution in [2.45, 2.75) is 37.7 Å². The van der Waals surface area contributed by atoms with Crippen LogP contribution in [0.25, 0.3) is 0 Å². The van der Waals surface area contributed by atoms with E-state index in [1.807, 2.05) is 18.2 Å². The molecule has 148 valence electrons. The van der Waals surface area contributed by atoms with Crippen molar-refractivity contribution in [2.24, 2.45) is 0 Å². The second kappa shape index (κ2) is 7.66. The summed E-state index contributed by atoms with van der Waals surface area (Å²) in [5.74, 6) is 1.18. The van der Waals surface area contributed by atoms with Crippen LogP contribution in [-0.4, -0.2) is 25.7 Å². The molecule has 1 aliphatic heterocycles. The number of nitrogens with one attached hydrogen (secondary N) is 1. The third-order valence-corrected chi connectivity index (χ3v) is 5.30. The Kier molecular flexibility index (Phi) is 5.07. The summed E-state index contributed by atoms with van der Waals surface area (Å²) in [4.78, 5) is 13.3. The summed E-state index contributed by atoms with van der Waals surface area (Å²) >= 11 is 0. The average molecular weight is 389 g/mol. The highest BCUT2D eigenvalue weighted by atomic mass is 19.3. The van der Waals surface area contributed by atoms with Crippen LogP contribution in [0.1, 0.15) is 31.2 Å². The molecule has 0 atom stereocenters. The molecule has 0 unspecified atom stereocenters. The molecule has 2 aromatic rings. The fourth-order valence-electron chi connectivity index (χ4n) is 3.97. The maximum Gasteiger partial charge on any atom is 0.387 e. The first-order valence-electron chi connectivity index (χ1n) is 9.33. The minimum atomic E-state index is -2.91. The van der Waals surface area contributed by atoms with Crippen molar-refractivity contribution in [3.63, 3.8) is 0 Å². The second-order valence-electron chi connectivity index (χ2n) is 7.01. The summed E-state index contributed by atoms with van der Waals surface area (Å²) < 4.78 is 40.6. The van der Waals surface area contributed by atoms with E-state index in [1.165, 1.54) is 12.1 Å². The van der Waals surface area contributed by atoms with Crippen molar-refractivity contribution in [2.75, 3.05) is 18.5 Å². The van der Waals surface area contributed by atoms with Crippen LogP contribution in [0.3, 0.4) is 0 Å². The van der Waals surface area contributed by atoms with Gasteiger partial charge in [-0.1, -0.05) is 25.0 Å².